The number of carbonyl (C=O) groups is 1. The summed E-state index contributed by atoms with van der Waals surface area (Å²) in [5.74, 6) is 1.86. The van der Waals surface area contributed by atoms with E-state index in [0.29, 0.717) is 11.7 Å². The lowest BCUT2D eigenvalue weighted by Crippen LogP contribution is -2.33. The fourth-order valence-corrected chi connectivity index (χ4v) is 2.68. The summed E-state index contributed by atoms with van der Waals surface area (Å²) in [7, 11) is 1.64. The first-order chi connectivity index (χ1) is 12.0. The van der Waals surface area contributed by atoms with Gasteiger partial charge in [0.2, 0.25) is 0 Å². The first-order valence-corrected chi connectivity index (χ1v) is 8.60. The Morgan fingerprint density at radius 2 is 1.80 bits per heavy atom. The van der Waals surface area contributed by atoms with Crippen molar-refractivity contribution in [2.45, 2.75) is 33.2 Å². The normalized spacial score (nSPS) is 11.9. The highest BCUT2D eigenvalue weighted by Crippen LogP contribution is 2.23. The molecule has 0 bridgehead atoms. The van der Waals surface area contributed by atoms with Crippen molar-refractivity contribution in [3.05, 3.63) is 59.7 Å². The molecule has 134 valence electrons. The van der Waals surface area contributed by atoms with Crippen LogP contribution in [0.1, 0.15) is 37.4 Å². The smallest absolute Gasteiger partial charge is 0.258 e. The highest BCUT2D eigenvalue weighted by atomic mass is 16.5. The van der Waals surface area contributed by atoms with Crippen LogP contribution >= 0.6 is 0 Å². The van der Waals surface area contributed by atoms with Crippen molar-refractivity contribution < 1.29 is 14.3 Å². The number of benzene rings is 2. The molecule has 25 heavy (non-hydrogen) atoms. The second-order valence-corrected chi connectivity index (χ2v) is 6.63. The monoisotopic (exact) mass is 341 g/mol. The molecule has 0 saturated carbocycles. The van der Waals surface area contributed by atoms with Crippen LogP contribution < -0.4 is 14.8 Å². The minimum absolute atomic E-state index is 0.00814. The summed E-state index contributed by atoms with van der Waals surface area (Å²) < 4.78 is 10.8. The average molecular weight is 341 g/mol. The van der Waals surface area contributed by atoms with Crippen LogP contribution in [0.5, 0.6) is 11.5 Å². The lowest BCUT2D eigenvalue weighted by atomic mass is 9.97. The van der Waals surface area contributed by atoms with Crippen LogP contribution in [-0.4, -0.2) is 19.6 Å². The Bertz CT molecular complexity index is 680. The maximum atomic E-state index is 12.3. The highest BCUT2D eigenvalue weighted by Gasteiger charge is 2.16. The van der Waals surface area contributed by atoms with Gasteiger partial charge in [-0.05, 0) is 54.7 Å². The first-order valence-electron chi connectivity index (χ1n) is 8.60. The standard InChI is InChI=1S/C21H27NO3/c1-15(2)12-20(17-8-10-18(24-4)11-9-17)22-21(23)14-25-19-7-5-6-16(3)13-19/h5-11,13,15,20H,12,14H2,1-4H3,(H,22,23)/t20-/m0/s1. The molecule has 0 saturated heterocycles. The zero-order chi connectivity index (χ0) is 18.2. The van der Waals surface area contributed by atoms with E-state index in [2.05, 4.69) is 19.2 Å². The minimum Gasteiger partial charge on any atom is -0.497 e. The van der Waals surface area contributed by atoms with Gasteiger partial charge in [-0.2, -0.15) is 0 Å². The van der Waals surface area contributed by atoms with E-state index in [9.17, 15) is 4.79 Å². The second kappa shape index (κ2) is 9.11. The van der Waals surface area contributed by atoms with Crippen LogP contribution in [0, 0.1) is 12.8 Å². The van der Waals surface area contributed by atoms with Crippen molar-refractivity contribution in [3.63, 3.8) is 0 Å². The van der Waals surface area contributed by atoms with Crippen molar-refractivity contribution in [3.8, 4) is 11.5 Å². The number of amides is 1. The number of ether oxygens (including phenoxy) is 2. The van der Waals surface area contributed by atoms with Gasteiger partial charge in [0.15, 0.2) is 6.61 Å². The van der Waals surface area contributed by atoms with Crippen molar-refractivity contribution in [2.24, 2.45) is 5.92 Å². The Labute approximate surface area is 150 Å². The van der Waals surface area contributed by atoms with Crippen LogP contribution in [0.3, 0.4) is 0 Å². The Balaban J connectivity index is 1.98. The highest BCUT2D eigenvalue weighted by molar-refractivity contribution is 5.78. The lowest BCUT2D eigenvalue weighted by Gasteiger charge is -2.21. The number of methoxy groups -OCH3 is 1. The number of hydrogen-bond acceptors (Lipinski definition) is 3. The molecule has 2 rings (SSSR count). The maximum Gasteiger partial charge on any atom is 0.258 e. The van der Waals surface area contributed by atoms with E-state index in [1.165, 1.54) is 0 Å². The summed E-state index contributed by atoms with van der Waals surface area (Å²) in [6.45, 7) is 6.29. The Hall–Kier alpha value is -2.49. The molecule has 1 N–H and O–H groups in total. The van der Waals surface area contributed by atoms with Gasteiger partial charge in [-0.1, -0.05) is 38.1 Å². The van der Waals surface area contributed by atoms with Crippen molar-refractivity contribution in [2.75, 3.05) is 13.7 Å². The number of carbonyl (C=O) groups excluding carboxylic acids is 1. The van der Waals surface area contributed by atoms with Crippen LogP contribution in [0.25, 0.3) is 0 Å². The molecule has 0 aliphatic heterocycles. The molecule has 2 aromatic carbocycles. The largest absolute Gasteiger partial charge is 0.497 e. The fraction of sp³-hybridized carbons (Fsp3) is 0.381. The van der Waals surface area contributed by atoms with Gasteiger partial charge < -0.3 is 14.8 Å². The molecule has 0 fully saturated rings. The number of nitrogens with one attached hydrogen (secondary N) is 1. The molecular weight excluding hydrogens is 314 g/mol. The molecule has 0 aliphatic rings. The van der Waals surface area contributed by atoms with E-state index in [0.717, 1.165) is 23.3 Å². The zero-order valence-corrected chi connectivity index (χ0v) is 15.4. The zero-order valence-electron chi connectivity index (χ0n) is 15.4. The molecule has 4 nitrogen and oxygen atoms in total. The van der Waals surface area contributed by atoms with Gasteiger partial charge in [0.25, 0.3) is 5.91 Å². The second-order valence-electron chi connectivity index (χ2n) is 6.63. The van der Waals surface area contributed by atoms with Crippen LogP contribution in [0.2, 0.25) is 0 Å². The van der Waals surface area contributed by atoms with Crippen molar-refractivity contribution >= 4 is 5.91 Å². The molecule has 0 radical (unpaired) electrons. The fourth-order valence-electron chi connectivity index (χ4n) is 2.68. The number of aryl methyl sites for hydroxylation is 1. The third-order valence-electron chi connectivity index (χ3n) is 3.92. The van der Waals surface area contributed by atoms with Crippen LogP contribution in [0.4, 0.5) is 0 Å². The molecule has 0 heterocycles. The predicted octanol–water partition coefficient (Wildman–Crippen LogP) is 4.29. The van der Waals surface area contributed by atoms with Crippen molar-refractivity contribution in [1.82, 2.24) is 5.32 Å². The topological polar surface area (TPSA) is 47.6 Å². The number of rotatable bonds is 8. The molecule has 1 amide bonds. The van der Waals surface area contributed by atoms with Gasteiger partial charge in [-0.15, -0.1) is 0 Å². The SMILES string of the molecule is COc1ccc([C@H](CC(C)C)NC(=O)COc2cccc(C)c2)cc1. The summed E-state index contributed by atoms with van der Waals surface area (Å²) in [4.78, 5) is 12.3. The van der Waals surface area contributed by atoms with Crippen molar-refractivity contribution in [1.29, 1.82) is 0 Å². The van der Waals surface area contributed by atoms with Crippen LogP contribution in [0.15, 0.2) is 48.5 Å². The third-order valence-corrected chi connectivity index (χ3v) is 3.92. The van der Waals surface area contributed by atoms with E-state index >= 15 is 0 Å². The molecule has 0 aromatic heterocycles. The van der Waals surface area contributed by atoms with Gasteiger partial charge in [0.1, 0.15) is 11.5 Å². The first kappa shape index (κ1) is 18.8. The molecule has 0 aliphatic carbocycles. The molecule has 2 aromatic rings. The molecule has 1 atom stereocenters. The minimum atomic E-state index is -0.122. The molecular formula is C21H27NO3. The summed E-state index contributed by atoms with van der Waals surface area (Å²) in [5.41, 5.74) is 2.17. The van der Waals surface area contributed by atoms with E-state index in [4.69, 9.17) is 9.47 Å². The summed E-state index contributed by atoms with van der Waals surface area (Å²) in [6, 6.07) is 15.5. The molecule has 0 spiro atoms. The summed E-state index contributed by atoms with van der Waals surface area (Å²) >= 11 is 0. The van der Waals surface area contributed by atoms with E-state index < -0.39 is 0 Å². The summed E-state index contributed by atoms with van der Waals surface area (Å²) in [6.07, 6.45) is 0.864. The van der Waals surface area contributed by atoms with Gasteiger partial charge in [0, 0.05) is 0 Å². The Morgan fingerprint density at radius 3 is 2.40 bits per heavy atom. The average Bonchev–Trinajstić information content (AvgIpc) is 2.59. The quantitative estimate of drug-likeness (QED) is 0.779. The number of hydrogen-bond donors (Lipinski definition) is 1. The third kappa shape index (κ3) is 6.14. The predicted molar refractivity (Wildman–Crippen MR) is 100 cm³/mol. The maximum absolute atomic E-state index is 12.3. The van der Waals surface area contributed by atoms with Crippen LogP contribution in [-0.2, 0) is 4.79 Å². The Morgan fingerprint density at radius 1 is 1.08 bits per heavy atom. The van der Waals surface area contributed by atoms with E-state index in [-0.39, 0.29) is 18.6 Å². The van der Waals surface area contributed by atoms with Gasteiger partial charge in [0.05, 0.1) is 13.2 Å². The summed E-state index contributed by atoms with van der Waals surface area (Å²) in [5, 5.41) is 3.08. The van der Waals surface area contributed by atoms with E-state index in [1.54, 1.807) is 7.11 Å². The molecule has 4 heteroatoms. The van der Waals surface area contributed by atoms with Gasteiger partial charge in [-0.25, -0.2) is 0 Å². The molecule has 0 unspecified atom stereocenters. The van der Waals surface area contributed by atoms with E-state index in [1.807, 2.05) is 55.5 Å². The lowest BCUT2D eigenvalue weighted by molar-refractivity contribution is -0.124. The van der Waals surface area contributed by atoms with Gasteiger partial charge >= 0.3 is 0 Å². The van der Waals surface area contributed by atoms with Gasteiger partial charge in [-0.3, -0.25) is 4.79 Å². The Kier molecular flexibility index (Phi) is 6.87.